The molecule has 0 unspecified atom stereocenters. The molecule has 116 valence electrons. The largest absolute Gasteiger partial charge is 0.380 e. The molecule has 1 aromatic carbocycles. The van der Waals surface area contributed by atoms with E-state index in [1.54, 1.807) is 6.08 Å². The highest BCUT2D eigenvalue weighted by Crippen LogP contribution is 2.26. The zero-order chi connectivity index (χ0) is 15.9. The van der Waals surface area contributed by atoms with Crippen molar-refractivity contribution in [2.24, 2.45) is 0 Å². The molecule has 1 aromatic rings. The van der Waals surface area contributed by atoms with Crippen LogP contribution in [0, 0.1) is 15.9 Å². The lowest BCUT2D eigenvalue weighted by Gasteiger charge is -2.08. The van der Waals surface area contributed by atoms with Gasteiger partial charge in [0.1, 0.15) is 0 Å². The normalized spacial score (nSPS) is 11.3. The van der Waals surface area contributed by atoms with Gasteiger partial charge < -0.3 is 4.74 Å². The second kappa shape index (κ2) is 7.81. The van der Waals surface area contributed by atoms with Crippen molar-refractivity contribution in [1.82, 2.24) is 4.72 Å². The van der Waals surface area contributed by atoms with E-state index in [0.29, 0.717) is 13.0 Å². The second-order valence-electron chi connectivity index (χ2n) is 3.93. The molecule has 0 heterocycles. The molecule has 0 bridgehead atoms. The van der Waals surface area contributed by atoms with Crippen LogP contribution in [0.1, 0.15) is 6.42 Å². The third kappa shape index (κ3) is 4.88. The van der Waals surface area contributed by atoms with E-state index in [0.717, 1.165) is 18.2 Å². The van der Waals surface area contributed by atoms with E-state index in [9.17, 15) is 22.9 Å². The number of hydrogen-bond acceptors (Lipinski definition) is 5. The number of ether oxygens (including phenoxy) is 1. The number of hydrogen-bond donors (Lipinski definition) is 1. The molecule has 0 aliphatic carbocycles. The molecule has 0 aliphatic heterocycles. The lowest BCUT2D eigenvalue weighted by molar-refractivity contribution is -0.390. The van der Waals surface area contributed by atoms with Crippen LogP contribution in [0.4, 0.5) is 10.1 Å². The summed E-state index contributed by atoms with van der Waals surface area (Å²) in [5.74, 6) is -1.20. The van der Waals surface area contributed by atoms with Gasteiger partial charge in [0, 0.05) is 6.54 Å². The van der Waals surface area contributed by atoms with Gasteiger partial charge in [-0.2, -0.15) is 4.39 Å². The number of nitro groups is 1. The predicted molar refractivity (Wildman–Crippen MR) is 73.9 cm³/mol. The average molecular weight is 318 g/mol. The van der Waals surface area contributed by atoms with Gasteiger partial charge in [0.05, 0.1) is 18.1 Å². The number of rotatable bonds is 9. The maximum atomic E-state index is 13.4. The van der Waals surface area contributed by atoms with Gasteiger partial charge in [0.25, 0.3) is 0 Å². The zero-order valence-electron chi connectivity index (χ0n) is 11.1. The van der Waals surface area contributed by atoms with Crippen molar-refractivity contribution >= 4 is 15.7 Å². The second-order valence-corrected chi connectivity index (χ2v) is 5.67. The summed E-state index contributed by atoms with van der Waals surface area (Å²) in [6.07, 6.45) is 2.28. The molecule has 0 aliphatic rings. The standard InChI is InChI=1S/C12H15FN2O5S/c1-2-3-8-20-9-7-14-21(18,19)11-6-4-5-10(13)12(11)15(16)17/h2,4-6,14H,1,3,7-9H2. The Kier molecular flexibility index (Phi) is 6.40. The Morgan fingerprint density at radius 3 is 2.76 bits per heavy atom. The van der Waals surface area contributed by atoms with Crippen molar-refractivity contribution < 1.29 is 22.5 Å². The van der Waals surface area contributed by atoms with E-state index in [-0.39, 0.29) is 13.2 Å². The number of halogens is 1. The van der Waals surface area contributed by atoms with Crippen LogP contribution >= 0.6 is 0 Å². The van der Waals surface area contributed by atoms with E-state index in [2.05, 4.69) is 11.3 Å². The van der Waals surface area contributed by atoms with Crippen LogP contribution in [0.25, 0.3) is 0 Å². The molecular formula is C12H15FN2O5S. The number of sulfonamides is 1. The highest BCUT2D eigenvalue weighted by atomic mass is 32.2. The van der Waals surface area contributed by atoms with Crippen molar-refractivity contribution in [2.45, 2.75) is 11.3 Å². The predicted octanol–water partition coefficient (Wildman–Crippen LogP) is 1.60. The molecule has 1 N–H and O–H groups in total. The third-order valence-corrected chi connectivity index (χ3v) is 3.92. The van der Waals surface area contributed by atoms with Crippen LogP contribution in [-0.4, -0.2) is 33.1 Å². The first kappa shape index (κ1) is 17.2. The van der Waals surface area contributed by atoms with Crippen LogP contribution in [0.2, 0.25) is 0 Å². The monoisotopic (exact) mass is 318 g/mol. The maximum absolute atomic E-state index is 13.4. The molecule has 0 fully saturated rings. The van der Waals surface area contributed by atoms with E-state index in [4.69, 9.17) is 4.74 Å². The summed E-state index contributed by atoms with van der Waals surface area (Å²) in [6.45, 7) is 3.91. The van der Waals surface area contributed by atoms with Gasteiger partial charge in [0.2, 0.25) is 15.8 Å². The lowest BCUT2D eigenvalue weighted by Crippen LogP contribution is -2.28. The van der Waals surface area contributed by atoms with E-state index in [1.807, 2.05) is 0 Å². The molecular weight excluding hydrogens is 303 g/mol. The summed E-state index contributed by atoms with van der Waals surface area (Å²) in [4.78, 5) is 9.00. The van der Waals surface area contributed by atoms with Crippen LogP contribution < -0.4 is 4.72 Å². The fourth-order valence-corrected chi connectivity index (χ4v) is 2.68. The third-order valence-electron chi connectivity index (χ3n) is 2.43. The molecule has 21 heavy (non-hydrogen) atoms. The zero-order valence-corrected chi connectivity index (χ0v) is 11.9. The van der Waals surface area contributed by atoms with E-state index in [1.165, 1.54) is 0 Å². The Balaban J connectivity index is 2.77. The first-order valence-corrected chi connectivity index (χ1v) is 7.49. The molecule has 0 spiro atoms. The smallest absolute Gasteiger partial charge is 0.324 e. The van der Waals surface area contributed by atoms with Crippen LogP contribution in [-0.2, 0) is 14.8 Å². The molecule has 7 nitrogen and oxygen atoms in total. The Bertz CT molecular complexity index is 618. The number of nitro benzene ring substituents is 1. The SMILES string of the molecule is C=CCCOCCNS(=O)(=O)c1cccc(F)c1[N+](=O)[O-]. The highest BCUT2D eigenvalue weighted by Gasteiger charge is 2.28. The minimum atomic E-state index is -4.18. The first-order chi connectivity index (χ1) is 9.90. The van der Waals surface area contributed by atoms with Crippen molar-refractivity contribution in [3.63, 3.8) is 0 Å². The Hall–Kier alpha value is -1.84. The van der Waals surface area contributed by atoms with Crippen molar-refractivity contribution in [3.8, 4) is 0 Å². The molecule has 0 aromatic heterocycles. The van der Waals surface area contributed by atoms with E-state index >= 15 is 0 Å². The van der Waals surface area contributed by atoms with Gasteiger partial charge in [-0.05, 0) is 18.6 Å². The summed E-state index contributed by atoms with van der Waals surface area (Å²) in [5, 5.41) is 10.8. The van der Waals surface area contributed by atoms with Crippen molar-refractivity contribution in [2.75, 3.05) is 19.8 Å². The van der Waals surface area contributed by atoms with Crippen LogP contribution in [0.3, 0.4) is 0 Å². The molecule has 0 atom stereocenters. The molecule has 1 rings (SSSR count). The fraction of sp³-hybridized carbons (Fsp3) is 0.333. The van der Waals surface area contributed by atoms with Gasteiger partial charge >= 0.3 is 5.69 Å². The lowest BCUT2D eigenvalue weighted by atomic mass is 10.3. The van der Waals surface area contributed by atoms with Gasteiger partial charge in [-0.1, -0.05) is 12.1 Å². The average Bonchev–Trinajstić information content (AvgIpc) is 2.42. The Morgan fingerprint density at radius 2 is 2.14 bits per heavy atom. The summed E-state index contributed by atoms with van der Waals surface area (Å²) in [6, 6.07) is 2.90. The van der Waals surface area contributed by atoms with E-state index < -0.39 is 31.3 Å². The van der Waals surface area contributed by atoms with Gasteiger partial charge in [-0.15, -0.1) is 6.58 Å². The van der Waals surface area contributed by atoms with Crippen molar-refractivity contribution in [3.05, 3.63) is 46.8 Å². The Morgan fingerprint density at radius 1 is 1.43 bits per heavy atom. The van der Waals surface area contributed by atoms with Gasteiger partial charge in [-0.25, -0.2) is 13.1 Å². The van der Waals surface area contributed by atoms with Crippen LogP contribution in [0.5, 0.6) is 0 Å². The molecule has 0 radical (unpaired) electrons. The minimum absolute atomic E-state index is 0.0762. The minimum Gasteiger partial charge on any atom is -0.380 e. The first-order valence-electron chi connectivity index (χ1n) is 6.01. The van der Waals surface area contributed by atoms with Crippen LogP contribution in [0.15, 0.2) is 35.7 Å². The summed E-state index contributed by atoms with van der Waals surface area (Å²) in [5.41, 5.74) is -1.07. The Labute approximate surface area is 121 Å². The summed E-state index contributed by atoms with van der Waals surface area (Å²) < 4.78 is 44.5. The molecule has 9 heteroatoms. The molecule has 0 saturated heterocycles. The quantitative estimate of drug-likeness (QED) is 0.323. The fourth-order valence-electron chi connectivity index (χ4n) is 1.48. The molecule has 0 saturated carbocycles. The number of benzene rings is 1. The maximum Gasteiger partial charge on any atom is 0.324 e. The summed E-state index contributed by atoms with van der Waals surface area (Å²) in [7, 11) is -4.18. The van der Waals surface area contributed by atoms with Gasteiger partial charge in [-0.3, -0.25) is 10.1 Å². The topological polar surface area (TPSA) is 98.5 Å². The van der Waals surface area contributed by atoms with Crippen molar-refractivity contribution in [1.29, 1.82) is 0 Å². The van der Waals surface area contributed by atoms with Gasteiger partial charge in [0.15, 0.2) is 4.90 Å². The number of para-hydroxylation sites is 1. The molecule has 0 amide bonds. The number of nitrogens with one attached hydrogen (secondary N) is 1. The highest BCUT2D eigenvalue weighted by molar-refractivity contribution is 7.89. The number of nitrogens with zero attached hydrogens (tertiary/aromatic N) is 1. The summed E-state index contributed by atoms with van der Waals surface area (Å²) >= 11 is 0.